The lowest BCUT2D eigenvalue weighted by molar-refractivity contribution is -0.144. The third-order valence-electron chi connectivity index (χ3n) is 5.20. The molecular formula is C27H37N3O5. The molecule has 1 atom stereocenters. The van der Waals surface area contributed by atoms with Crippen molar-refractivity contribution in [3.8, 4) is 5.75 Å². The average Bonchev–Trinajstić information content (AvgIpc) is 2.70. The van der Waals surface area contributed by atoms with E-state index in [0.717, 1.165) is 11.1 Å². The Balaban J connectivity index is 2.46. The molecule has 0 saturated heterocycles. The second kappa shape index (κ2) is 10.8. The molecule has 2 aromatic carbocycles. The molecule has 35 heavy (non-hydrogen) atoms. The van der Waals surface area contributed by atoms with Crippen LogP contribution in [0.5, 0.6) is 5.75 Å². The number of rotatable bonds is 6. The van der Waals surface area contributed by atoms with E-state index >= 15 is 0 Å². The number of anilines is 1. The molecule has 0 saturated carbocycles. The average molecular weight is 484 g/mol. The van der Waals surface area contributed by atoms with Crippen LogP contribution in [-0.2, 0) is 14.3 Å². The fourth-order valence-electron chi connectivity index (χ4n) is 3.77. The highest BCUT2D eigenvalue weighted by atomic mass is 16.6. The topological polar surface area (TPSA) is 108 Å². The van der Waals surface area contributed by atoms with Gasteiger partial charge >= 0.3 is 6.09 Å². The van der Waals surface area contributed by atoms with Gasteiger partial charge in [-0.15, -0.1) is 0 Å². The number of hydrogen-bond acceptors (Lipinski definition) is 5. The predicted octanol–water partition coefficient (Wildman–Crippen LogP) is 4.84. The highest BCUT2D eigenvalue weighted by Crippen LogP contribution is 2.32. The molecule has 190 valence electrons. The number of carbonyl (C=O) groups is 3. The Morgan fingerprint density at radius 2 is 1.54 bits per heavy atom. The Hall–Kier alpha value is -3.55. The minimum absolute atomic E-state index is 0.0273. The Bertz CT molecular complexity index is 1060. The van der Waals surface area contributed by atoms with E-state index in [9.17, 15) is 19.5 Å². The maximum atomic E-state index is 13.7. The van der Waals surface area contributed by atoms with E-state index in [1.807, 2.05) is 32.0 Å². The number of benzene rings is 2. The van der Waals surface area contributed by atoms with Crippen LogP contribution in [-0.4, -0.2) is 45.6 Å². The van der Waals surface area contributed by atoms with Crippen LogP contribution in [0.4, 0.5) is 10.5 Å². The number of phenols is 1. The van der Waals surface area contributed by atoms with Gasteiger partial charge in [0.15, 0.2) is 0 Å². The summed E-state index contributed by atoms with van der Waals surface area (Å²) in [4.78, 5) is 40.8. The molecule has 0 spiro atoms. The molecule has 1 unspecified atom stereocenters. The highest BCUT2D eigenvalue weighted by molar-refractivity contribution is 5.99. The summed E-state index contributed by atoms with van der Waals surface area (Å²) in [6, 6.07) is 10.9. The van der Waals surface area contributed by atoms with Gasteiger partial charge in [-0.25, -0.2) is 4.79 Å². The number of amides is 3. The van der Waals surface area contributed by atoms with Crippen LogP contribution in [0.1, 0.15) is 64.3 Å². The van der Waals surface area contributed by atoms with Crippen LogP contribution >= 0.6 is 0 Å². The maximum absolute atomic E-state index is 13.7. The number of carbonyl (C=O) groups excluding carboxylic acids is 3. The highest BCUT2D eigenvalue weighted by Gasteiger charge is 2.39. The van der Waals surface area contributed by atoms with E-state index in [1.165, 1.54) is 17.0 Å². The van der Waals surface area contributed by atoms with E-state index in [-0.39, 0.29) is 12.3 Å². The summed E-state index contributed by atoms with van der Waals surface area (Å²) in [6.07, 6.45) is -0.728. The number of hydrogen-bond donors (Lipinski definition) is 3. The second-order valence-electron chi connectivity index (χ2n) is 10.5. The molecule has 0 heterocycles. The second-order valence-corrected chi connectivity index (χ2v) is 10.5. The van der Waals surface area contributed by atoms with E-state index in [0.29, 0.717) is 11.3 Å². The zero-order valence-electron chi connectivity index (χ0n) is 21.9. The smallest absolute Gasteiger partial charge is 0.408 e. The number of aryl methyl sites for hydroxylation is 2. The van der Waals surface area contributed by atoms with Gasteiger partial charge in [0.25, 0.3) is 5.91 Å². The summed E-state index contributed by atoms with van der Waals surface area (Å²) < 4.78 is 5.23. The largest absolute Gasteiger partial charge is 0.508 e. The zero-order chi connectivity index (χ0) is 26.6. The normalized spacial score (nSPS) is 12.5. The third kappa shape index (κ3) is 7.73. The molecule has 2 rings (SSSR count). The summed E-state index contributed by atoms with van der Waals surface area (Å²) in [6.45, 7) is 14.0. The summed E-state index contributed by atoms with van der Waals surface area (Å²) in [5.74, 6) is -0.942. The van der Waals surface area contributed by atoms with Gasteiger partial charge < -0.3 is 25.4 Å². The van der Waals surface area contributed by atoms with E-state index in [4.69, 9.17) is 4.74 Å². The van der Waals surface area contributed by atoms with Gasteiger partial charge in [0.2, 0.25) is 5.91 Å². The summed E-state index contributed by atoms with van der Waals surface area (Å²) in [7, 11) is 0. The molecule has 2 aromatic rings. The lowest BCUT2D eigenvalue weighted by Crippen LogP contribution is -2.54. The molecule has 0 bridgehead atoms. The van der Waals surface area contributed by atoms with Gasteiger partial charge in [-0.1, -0.05) is 30.3 Å². The van der Waals surface area contributed by atoms with Gasteiger partial charge in [-0.3, -0.25) is 9.59 Å². The first kappa shape index (κ1) is 27.7. The molecule has 0 aliphatic rings. The van der Waals surface area contributed by atoms with Crippen LogP contribution in [0.15, 0.2) is 42.5 Å². The van der Waals surface area contributed by atoms with E-state index < -0.39 is 35.1 Å². The quantitative estimate of drug-likeness (QED) is 0.545. The minimum atomic E-state index is -1.07. The predicted molar refractivity (Wildman–Crippen MR) is 136 cm³/mol. The number of aromatic hydroxyl groups is 1. The zero-order valence-corrected chi connectivity index (χ0v) is 21.9. The molecular weight excluding hydrogens is 446 g/mol. The monoisotopic (exact) mass is 483 g/mol. The lowest BCUT2D eigenvalue weighted by atomic mass is 9.96. The Labute approximate surface area is 207 Å². The lowest BCUT2D eigenvalue weighted by Gasteiger charge is -2.41. The SMILES string of the molecule is Cc1cccc(C)c1NC(=O)C(c1cccc(O)c1)N(C(=O)CNC(=O)OC(C)(C)C)C(C)(C)C. The molecule has 0 aliphatic carbocycles. The first-order valence-electron chi connectivity index (χ1n) is 11.5. The van der Waals surface area contributed by atoms with Crippen molar-refractivity contribution < 1.29 is 24.2 Å². The molecule has 0 fully saturated rings. The first-order chi connectivity index (χ1) is 16.1. The molecule has 3 amide bonds. The van der Waals surface area contributed by atoms with Crippen molar-refractivity contribution >= 4 is 23.6 Å². The summed E-state index contributed by atoms with van der Waals surface area (Å²) in [5.41, 5.74) is 1.35. The van der Waals surface area contributed by atoms with E-state index in [1.54, 1.807) is 53.7 Å². The number of phenolic OH excluding ortho intramolecular Hbond substituents is 1. The molecule has 8 heteroatoms. The van der Waals surface area contributed by atoms with Gasteiger partial charge in [-0.05, 0) is 84.2 Å². The summed E-state index contributed by atoms with van der Waals surface area (Å²) in [5, 5.41) is 15.6. The minimum Gasteiger partial charge on any atom is -0.508 e. The fraction of sp³-hybridized carbons (Fsp3) is 0.444. The molecule has 0 radical (unpaired) electrons. The molecule has 0 aromatic heterocycles. The standard InChI is InChI=1S/C27H37N3O5/c1-17-11-9-12-18(2)22(17)29-24(33)23(19-13-10-14-20(31)15-19)30(26(3,4)5)21(32)16-28-25(34)35-27(6,7)8/h9-15,23,31H,16H2,1-8H3,(H,28,34)(H,29,33). The Morgan fingerprint density at radius 3 is 2.06 bits per heavy atom. The van der Waals surface area contributed by atoms with Crippen LogP contribution in [0.25, 0.3) is 0 Å². The fourth-order valence-corrected chi connectivity index (χ4v) is 3.77. The van der Waals surface area contributed by atoms with Gasteiger partial charge in [-0.2, -0.15) is 0 Å². The van der Waals surface area contributed by atoms with Crippen molar-refractivity contribution in [2.24, 2.45) is 0 Å². The number of alkyl carbamates (subject to hydrolysis) is 1. The van der Waals surface area contributed by atoms with Crippen molar-refractivity contribution in [1.82, 2.24) is 10.2 Å². The number of para-hydroxylation sites is 1. The molecule has 3 N–H and O–H groups in total. The van der Waals surface area contributed by atoms with Crippen LogP contribution in [0.2, 0.25) is 0 Å². The molecule has 8 nitrogen and oxygen atoms in total. The molecule has 0 aliphatic heterocycles. The third-order valence-corrected chi connectivity index (χ3v) is 5.20. The Kier molecular flexibility index (Phi) is 8.55. The van der Waals surface area contributed by atoms with Crippen molar-refractivity contribution in [1.29, 1.82) is 0 Å². The first-order valence-corrected chi connectivity index (χ1v) is 11.5. The summed E-state index contributed by atoms with van der Waals surface area (Å²) >= 11 is 0. The Morgan fingerprint density at radius 1 is 0.971 bits per heavy atom. The van der Waals surface area contributed by atoms with Crippen LogP contribution < -0.4 is 10.6 Å². The van der Waals surface area contributed by atoms with Gasteiger partial charge in [0.1, 0.15) is 23.9 Å². The maximum Gasteiger partial charge on any atom is 0.408 e. The van der Waals surface area contributed by atoms with E-state index in [2.05, 4.69) is 10.6 Å². The van der Waals surface area contributed by atoms with Crippen molar-refractivity contribution in [3.05, 3.63) is 59.2 Å². The van der Waals surface area contributed by atoms with Gasteiger partial charge in [0, 0.05) is 11.2 Å². The number of nitrogens with zero attached hydrogens (tertiary/aromatic N) is 1. The van der Waals surface area contributed by atoms with Crippen LogP contribution in [0, 0.1) is 13.8 Å². The number of nitrogens with one attached hydrogen (secondary N) is 2. The number of ether oxygens (including phenoxy) is 1. The van der Waals surface area contributed by atoms with Gasteiger partial charge in [0.05, 0.1) is 0 Å². The van der Waals surface area contributed by atoms with Crippen molar-refractivity contribution in [2.45, 2.75) is 72.6 Å². The van der Waals surface area contributed by atoms with Crippen molar-refractivity contribution in [3.63, 3.8) is 0 Å². The van der Waals surface area contributed by atoms with Crippen LogP contribution in [0.3, 0.4) is 0 Å². The van der Waals surface area contributed by atoms with Crippen molar-refractivity contribution in [2.75, 3.05) is 11.9 Å².